The predicted octanol–water partition coefficient (Wildman–Crippen LogP) is 3.69. The number of rotatable bonds is 6. The van der Waals surface area contributed by atoms with Crippen LogP contribution < -0.4 is 5.32 Å². The highest BCUT2D eigenvalue weighted by Gasteiger charge is 2.21. The van der Waals surface area contributed by atoms with E-state index in [9.17, 15) is 0 Å². The molecule has 1 aliphatic rings. The maximum Gasteiger partial charge on any atom is 0.0158 e. The summed E-state index contributed by atoms with van der Waals surface area (Å²) < 4.78 is 0. The van der Waals surface area contributed by atoms with Crippen LogP contribution in [0, 0.1) is 5.92 Å². The van der Waals surface area contributed by atoms with Crippen LogP contribution in [0.25, 0.3) is 0 Å². The van der Waals surface area contributed by atoms with Crippen LogP contribution in [-0.2, 0) is 0 Å². The Hall–Kier alpha value is 0.310. The third-order valence-corrected chi connectivity index (χ3v) is 4.49. The predicted molar refractivity (Wildman–Crippen MR) is 71.6 cm³/mol. The van der Waals surface area contributed by atoms with Crippen LogP contribution in [-0.4, -0.2) is 24.1 Å². The van der Waals surface area contributed by atoms with Crippen molar-refractivity contribution in [3.05, 3.63) is 0 Å². The summed E-state index contributed by atoms with van der Waals surface area (Å²) in [5, 5.41) is 3.83. The second-order valence-electron chi connectivity index (χ2n) is 4.85. The standard InChI is InChI=1S/C13H27NS/c1-4-11-6-8-13(9-7-11)14-12(5-2)10-15-3/h11-14H,4-10H2,1-3H3. The molecule has 0 heterocycles. The summed E-state index contributed by atoms with van der Waals surface area (Å²) in [6.45, 7) is 4.63. The highest BCUT2D eigenvalue weighted by atomic mass is 32.2. The SMILES string of the molecule is CCC1CCC(NC(CC)CSC)CC1. The lowest BCUT2D eigenvalue weighted by atomic mass is 9.84. The van der Waals surface area contributed by atoms with Crippen molar-refractivity contribution in [1.82, 2.24) is 5.32 Å². The fourth-order valence-corrected chi connectivity index (χ4v) is 3.29. The quantitative estimate of drug-likeness (QED) is 0.745. The molecule has 0 aliphatic heterocycles. The molecule has 1 fully saturated rings. The fourth-order valence-electron chi connectivity index (χ4n) is 2.56. The molecular weight excluding hydrogens is 202 g/mol. The first-order valence-electron chi connectivity index (χ1n) is 6.55. The molecule has 1 rings (SSSR count). The molecule has 0 radical (unpaired) electrons. The van der Waals surface area contributed by atoms with E-state index in [0.29, 0.717) is 0 Å². The molecule has 0 aromatic heterocycles. The maximum atomic E-state index is 3.83. The summed E-state index contributed by atoms with van der Waals surface area (Å²) >= 11 is 1.97. The molecular formula is C13H27NS. The first-order chi connectivity index (χ1) is 7.30. The van der Waals surface area contributed by atoms with Gasteiger partial charge in [0.05, 0.1) is 0 Å². The van der Waals surface area contributed by atoms with Crippen molar-refractivity contribution in [2.45, 2.75) is 64.5 Å². The Labute approximate surface area is 99.8 Å². The highest BCUT2D eigenvalue weighted by Crippen LogP contribution is 2.26. The second-order valence-corrected chi connectivity index (χ2v) is 5.76. The Balaban J connectivity index is 2.21. The van der Waals surface area contributed by atoms with Gasteiger partial charge in [-0.2, -0.15) is 11.8 Å². The Morgan fingerprint density at radius 1 is 1.20 bits per heavy atom. The van der Waals surface area contributed by atoms with Crippen molar-refractivity contribution in [1.29, 1.82) is 0 Å². The van der Waals surface area contributed by atoms with Crippen LogP contribution in [0.5, 0.6) is 0 Å². The van der Waals surface area contributed by atoms with Crippen LogP contribution in [0.15, 0.2) is 0 Å². The monoisotopic (exact) mass is 229 g/mol. The summed E-state index contributed by atoms with van der Waals surface area (Å²) in [5.41, 5.74) is 0. The van der Waals surface area contributed by atoms with E-state index in [2.05, 4.69) is 25.4 Å². The average Bonchev–Trinajstić information content (AvgIpc) is 2.29. The van der Waals surface area contributed by atoms with E-state index in [-0.39, 0.29) is 0 Å². The smallest absolute Gasteiger partial charge is 0.0158 e. The molecule has 0 bridgehead atoms. The fraction of sp³-hybridized carbons (Fsp3) is 1.00. The van der Waals surface area contributed by atoms with Crippen LogP contribution in [0.2, 0.25) is 0 Å². The zero-order valence-corrected chi connectivity index (χ0v) is 11.4. The molecule has 2 heteroatoms. The molecule has 0 amide bonds. The molecule has 90 valence electrons. The minimum absolute atomic E-state index is 0.739. The van der Waals surface area contributed by atoms with Crippen molar-refractivity contribution in [2.75, 3.05) is 12.0 Å². The molecule has 0 spiro atoms. The van der Waals surface area contributed by atoms with Gasteiger partial charge in [0.1, 0.15) is 0 Å². The van der Waals surface area contributed by atoms with E-state index in [1.54, 1.807) is 0 Å². The van der Waals surface area contributed by atoms with Crippen LogP contribution in [0.1, 0.15) is 52.4 Å². The number of thioether (sulfide) groups is 1. The molecule has 0 aromatic rings. The summed E-state index contributed by atoms with van der Waals surface area (Å²) in [4.78, 5) is 0. The first-order valence-corrected chi connectivity index (χ1v) is 7.94. The minimum Gasteiger partial charge on any atom is -0.310 e. The molecule has 1 aliphatic carbocycles. The Kier molecular flexibility index (Phi) is 6.74. The largest absolute Gasteiger partial charge is 0.310 e. The van der Waals surface area contributed by atoms with Gasteiger partial charge >= 0.3 is 0 Å². The highest BCUT2D eigenvalue weighted by molar-refractivity contribution is 7.98. The summed E-state index contributed by atoms with van der Waals surface area (Å²) in [5.74, 6) is 2.29. The first kappa shape index (κ1) is 13.4. The van der Waals surface area contributed by atoms with Gasteiger partial charge in [-0.25, -0.2) is 0 Å². The Morgan fingerprint density at radius 3 is 2.33 bits per heavy atom. The van der Waals surface area contributed by atoms with E-state index in [1.165, 1.54) is 44.3 Å². The third kappa shape index (κ3) is 4.78. The van der Waals surface area contributed by atoms with Crippen LogP contribution in [0.4, 0.5) is 0 Å². The van der Waals surface area contributed by atoms with Crippen molar-refractivity contribution in [3.8, 4) is 0 Å². The summed E-state index contributed by atoms with van der Waals surface area (Å²) in [6.07, 6.45) is 10.6. The zero-order chi connectivity index (χ0) is 11.1. The van der Waals surface area contributed by atoms with Crippen molar-refractivity contribution < 1.29 is 0 Å². The maximum absolute atomic E-state index is 3.83. The Bertz CT molecular complexity index is 153. The zero-order valence-electron chi connectivity index (χ0n) is 10.6. The lowest BCUT2D eigenvalue weighted by Gasteiger charge is -2.31. The number of hydrogen-bond acceptors (Lipinski definition) is 2. The van der Waals surface area contributed by atoms with Crippen LogP contribution in [0.3, 0.4) is 0 Å². The summed E-state index contributed by atoms with van der Waals surface area (Å²) in [7, 11) is 0. The van der Waals surface area contributed by atoms with Gasteiger partial charge in [0.25, 0.3) is 0 Å². The van der Waals surface area contributed by atoms with Crippen LogP contribution >= 0.6 is 11.8 Å². The van der Waals surface area contributed by atoms with Gasteiger partial charge in [0.2, 0.25) is 0 Å². The average molecular weight is 229 g/mol. The van der Waals surface area contributed by atoms with Gasteiger partial charge in [-0.3, -0.25) is 0 Å². The third-order valence-electron chi connectivity index (χ3n) is 3.76. The summed E-state index contributed by atoms with van der Waals surface area (Å²) in [6, 6.07) is 1.55. The number of hydrogen-bond donors (Lipinski definition) is 1. The van der Waals surface area contributed by atoms with Gasteiger partial charge in [-0.1, -0.05) is 20.3 Å². The minimum atomic E-state index is 0.739. The Morgan fingerprint density at radius 2 is 1.87 bits per heavy atom. The van der Waals surface area contributed by atoms with E-state index in [0.717, 1.165) is 18.0 Å². The lowest BCUT2D eigenvalue weighted by Crippen LogP contribution is -2.41. The van der Waals surface area contributed by atoms with Gasteiger partial charge in [0, 0.05) is 17.8 Å². The van der Waals surface area contributed by atoms with E-state index >= 15 is 0 Å². The van der Waals surface area contributed by atoms with Gasteiger partial charge in [0.15, 0.2) is 0 Å². The normalized spacial score (nSPS) is 29.0. The van der Waals surface area contributed by atoms with Crippen molar-refractivity contribution in [3.63, 3.8) is 0 Å². The van der Waals surface area contributed by atoms with Gasteiger partial charge < -0.3 is 5.32 Å². The second kappa shape index (κ2) is 7.56. The molecule has 1 N–H and O–H groups in total. The van der Waals surface area contributed by atoms with E-state index < -0.39 is 0 Å². The van der Waals surface area contributed by atoms with Crippen molar-refractivity contribution in [2.24, 2.45) is 5.92 Å². The lowest BCUT2D eigenvalue weighted by molar-refractivity contribution is 0.272. The van der Waals surface area contributed by atoms with E-state index in [1.807, 2.05) is 11.8 Å². The topological polar surface area (TPSA) is 12.0 Å². The molecule has 0 saturated heterocycles. The molecule has 0 aromatic carbocycles. The molecule has 1 saturated carbocycles. The van der Waals surface area contributed by atoms with Gasteiger partial charge in [-0.05, 0) is 44.3 Å². The van der Waals surface area contributed by atoms with Crippen molar-refractivity contribution >= 4 is 11.8 Å². The molecule has 15 heavy (non-hydrogen) atoms. The van der Waals surface area contributed by atoms with Gasteiger partial charge in [-0.15, -0.1) is 0 Å². The molecule has 1 unspecified atom stereocenters. The van der Waals surface area contributed by atoms with E-state index in [4.69, 9.17) is 0 Å². The molecule has 1 atom stereocenters. The molecule has 1 nitrogen and oxygen atoms in total. The number of nitrogens with one attached hydrogen (secondary N) is 1.